The molecule has 7 heteroatoms. The molecule has 5 rings (SSSR count). The summed E-state index contributed by atoms with van der Waals surface area (Å²) in [5, 5.41) is 9.30. The van der Waals surface area contributed by atoms with E-state index in [1.807, 2.05) is 10.8 Å². The molecule has 2 aromatic heterocycles. The van der Waals surface area contributed by atoms with Gasteiger partial charge >= 0.3 is 5.97 Å². The quantitative estimate of drug-likeness (QED) is 0.923. The third kappa shape index (κ3) is 2.19. The van der Waals surface area contributed by atoms with Gasteiger partial charge in [0.1, 0.15) is 5.69 Å². The molecule has 3 fully saturated rings. The number of anilines is 1. The van der Waals surface area contributed by atoms with Crippen molar-refractivity contribution in [1.29, 1.82) is 0 Å². The van der Waals surface area contributed by atoms with Crippen LogP contribution in [0.5, 0.6) is 0 Å². The number of hydrogen-bond donors (Lipinski definition) is 1. The van der Waals surface area contributed by atoms with Crippen LogP contribution in [0.25, 0.3) is 5.69 Å². The summed E-state index contributed by atoms with van der Waals surface area (Å²) in [5.74, 6) is -0.455. The maximum atomic E-state index is 11.3. The number of carboxylic acids is 1. The van der Waals surface area contributed by atoms with Crippen molar-refractivity contribution in [2.45, 2.75) is 37.3 Å². The highest BCUT2D eigenvalue weighted by Gasteiger charge is 2.40. The highest BCUT2D eigenvalue weighted by atomic mass is 16.5. The van der Waals surface area contributed by atoms with E-state index in [0.29, 0.717) is 12.0 Å². The molecule has 2 bridgehead atoms. The first-order valence-corrected chi connectivity index (χ1v) is 8.35. The minimum absolute atomic E-state index is 0.0519. The van der Waals surface area contributed by atoms with Gasteiger partial charge in [0.15, 0.2) is 0 Å². The van der Waals surface area contributed by atoms with Gasteiger partial charge in [-0.3, -0.25) is 0 Å². The van der Waals surface area contributed by atoms with Gasteiger partial charge in [-0.25, -0.2) is 14.8 Å². The summed E-state index contributed by atoms with van der Waals surface area (Å²) in [6.45, 7) is 1.55. The highest BCUT2D eigenvalue weighted by molar-refractivity contribution is 5.87. The topological polar surface area (TPSA) is 80.5 Å². The Balaban J connectivity index is 1.59. The summed E-state index contributed by atoms with van der Waals surface area (Å²) in [6, 6.07) is 1.99. The van der Waals surface area contributed by atoms with Gasteiger partial charge in [-0.05, 0) is 25.3 Å². The van der Waals surface area contributed by atoms with Gasteiger partial charge in [-0.2, -0.15) is 0 Å². The molecule has 0 amide bonds. The highest BCUT2D eigenvalue weighted by Crippen LogP contribution is 2.40. The fraction of sp³-hybridized carbons (Fsp3) is 0.471. The first kappa shape index (κ1) is 14.0. The van der Waals surface area contributed by atoms with E-state index in [1.165, 1.54) is 12.8 Å². The normalized spacial score (nSPS) is 25.4. The third-order valence-corrected chi connectivity index (χ3v) is 5.17. The minimum Gasteiger partial charge on any atom is -0.477 e. The van der Waals surface area contributed by atoms with Crippen molar-refractivity contribution in [3.63, 3.8) is 0 Å². The molecule has 3 aliphatic rings. The Hall–Kier alpha value is -2.41. The molecule has 1 N–H and O–H groups in total. The summed E-state index contributed by atoms with van der Waals surface area (Å²) in [7, 11) is 0. The molecule has 7 nitrogen and oxygen atoms in total. The minimum atomic E-state index is -1.02. The number of hydrogen-bond acceptors (Lipinski definition) is 5. The van der Waals surface area contributed by atoms with E-state index in [0.717, 1.165) is 36.6 Å². The maximum absolute atomic E-state index is 11.3. The van der Waals surface area contributed by atoms with Gasteiger partial charge in [0, 0.05) is 18.7 Å². The van der Waals surface area contributed by atoms with E-state index in [4.69, 9.17) is 4.74 Å². The lowest BCUT2D eigenvalue weighted by Gasteiger charge is -2.30. The molecular formula is C17H18N4O3. The zero-order valence-electron chi connectivity index (χ0n) is 13.1. The van der Waals surface area contributed by atoms with Crippen LogP contribution in [0.4, 0.5) is 5.69 Å². The van der Waals surface area contributed by atoms with Gasteiger partial charge in [-0.15, -0.1) is 0 Å². The summed E-state index contributed by atoms with van der Waals surface area (Å²) in [4.78, 5) is 22.3. The molecule has 124 valence electrons. The SMILES string of the molecule is O=C(O)c1cc(-n2cnc(C3CC3)c2)c(N2C[C@H]3C[C@@H]2CO3)cn1. The van der Waals surface area contributed by atoms with Crippen molar-refractivity contribution in [3.05, 3.63) is 36.2 Å². The summed E-state index contributed by atoms with van der Waals surface area (Å²) >= 11 is 0. The van der Waals surface area contributed by atoms with Crippen molar-refractivity contribution in [2.24, 2.45) is 0 Å². The number of carbonyl (C=O) groups is 1. The second kappa shape index (κ2) is 5.04. The fourth-order valence-electron chi connectivity index (χ4n) is 3.74. The Morgan fingerprint density at radius 3 is 2.83 bits per heavy atom. The Morgan fingerprint density at radius 1 is 1.29 bits per heavy atom. The monoisotopic (exact) mass is 326 g/mol. The first-order valence-electron chi connectivity index (χ1n) is 8.35. The number of rotatable bonds is 4. The average molecular weight is 326 g/mol. The molecule has 2 aromatic rings. The molecular weight excluding hydrogens is 308 g/mol. The number of aromatic carboxylic acids is 1. The lowest BCUT2D eigenvalue weighted by molar-refractivity contribution is 0.0690. The molecule has 0 spiro atoms. The molecule has 0 aromatic carbocycles. The number of fused-ring (bicyclic) bond motifs is 2. The second-order valence-electron chi connectivity index (χ2n) is 6.84. The molecule has 1 aliphatic carbocycles. The molecule has 4 heterocycles. The van der Waals surface area contributed by atoms with Crippen molar-refractivity contribution < 1.29 is 14.6 Å². The third-order valence-electron chi connectivity index (χ3n) is 5.17. The number of imidazole rings is 1. The van der Waals surface area contributed by atoms with E-state index < -0.39 is 5.97 Å². The van der Waals surface area contributed by atoms with Crippen molar-refractivity contribution in [1.82, 2.24) is 14.5 Å². The Morgan fingerprint density at radius 2 is 2.17 bits per heavy atom. The predicted molar refractivity (Wildman–Crippen MR) is 85.8 cm³/mol. The first-order chi connectivity index (χ1) is 11.7. The zero-order chi connectivity index (χ0) is 16.3. The van der Waals surface area contributed by atoms with Gasteiger partial charge in [0.25, 0.3) is 0 Å². The van der Waals surface area contributed by atoms with Crippen LogP contribution in [0.2, 0.25) is 0 Å². The predicted octanol–water partition coefficient (Wildman–Crippen LogP) is 1.82. The smallest absolute Gasteiger partial charge is 0.354 e. The zero-order valence-corrected chi connectivity index (χ0v) is 13.1. The van der Waals surface area contributed by atoms with Gasteiger partial charge in [-0.1, -0.05) is 0 Å². The summed E-state index contributed by atoms with van der Waals surface area (Å²) < 4.78 is 7.61. The van der Waals surface area contributed by atoms with E-state index in [9.17, 15) is 9.90 Å². The standard InChI is InChI=1S/C17H18N4O3/c22-17(23)13-4-15(20-7-14(19-9-20)10-1-2-10)16(5-18-13)21-6-12-3-11(21)8-24-12/h4-5,7,9-12H,1-3,6,8H2,(H,22,23)/t11-,12-/m1/s1. The molecule has 24 heavy (non-hydrogen) atoms. The van der Waals surface area contributed by atoms with Crippen LogP contribution in [0.1, 0.15) is 41.4 Å². The largest absolute Gasteiger partial charge is 0.477 e. The number of ether oxygens (including phenoxy) is 1. The van der Waals surface area contributed by atoms with Crippen LogP contribution < -0.4 is 4.90 Å². The van der Waals surface area contributed by atoms with Crippen LogP contribution in [-0.4, -0.2) is 50.9 Å². The lowest BCUT2D eigenvalue weighted by atomic mass is 10.2. The number of aromatic nitrogens is 3. The van der Waals surface area contributed by atoms with Crippen molar-refractivity contribution in [3.8, 4) is 5.69 Å². The number of pyridine rings is 1. The van der Waals surface area contributed by atoms with Crippen molar-refractivity contribution >= 4 is 11.7 Å². The van der Waals surface area contributed by atoms with Crippen LogP contribution in [-0.2, 0) is 4.74 Å². The number of nitrogens with zero attached hydrogens (tertiary/aromatic N) is 4. The molecule has 2 aliphatic heterocycles. The second-order valence-corrected chi connectivity index (χ2v) is 6.84. The van der Waals surface area contributed by atoms with Crippen molar-refractivity contribution in [2.75, 3.05) is 18.1 Å². The van der Waals surface area contributed by atoms with Gasteiger partial charge in [0.2, 0.25) is 0 Å². The summed E-state index contributed by atoms with van der Waals surface area (Å²) in [6.07, 6.45) is 9.15. The number of morpholine rings is 1. The fourth-order valence-corrected chi connectivity index (χ4v) is 3.74. The maximum Gasteiger partial charge on any atom is 0.354 e. The summed E-state index contributed by atoms with van der Waals surface area (Å²) in [5.41, 5.74) is 2.92. The molecule has 1 saturated carbocycles. The molecule has 2 atom stereocenters. The number of carboxylic acid groups (broad SMARTS) is 1. The van der Waals surface area contributed by atoms with Crippen LogP contribution in [0.3, 0.4) is 0 Å². The Kier molecular flexibility index (Phi) is 2.94. The molecule has 2 saturated heterocycles. The lowest BCUT2D eigenvalue weighted by Crippen LogP contribution is -2.37. The average Bonchev–Trinajstić information content (AvgIpc) is 3.01. The Bertz CT molecular complexity index is 814. The van der Waals surface area contributed by atoms with Crippen LogP contribution in [0.15, 0.2) is 24.8 Å². The molecule has 0 unspecified atom stereocenters. The molecule has 0 radical (unpaired) electrons. The van der Waals surface area contributed by atoms with E-state index >= 15 is 0 Å². The van der Waals surface area contributed by atoms with Crippen LogP contribution >= 0.6 is 0 Å². The van der Waals surface area contributed by atoms with E-state index in [1.54, 1.807) is 18.6 Å². The van der Waals surface area contributed by atoms with Crippen LogP contribution in [0, 0.1) is 0 Å². The van der Waals surface area contributed by atoms with E-state index in [2.05, 4.69) is 14.9 Å². The van der Waals surface area contributed by atoms with Gasteiger partial charge in [0.05, 0.1) is 48.3 Å². The Labute approximate surface area is 138 Å². The van der Waals surface area contributed by atoms with E-state index in [-0.39, 0.29) is 11.8 Å². The van der Waals surface area contributed by atoms with Gasteiger partial charge < -0.3 is 19.3 Å².